The van der Waals surface area contributed by atoms with Gasteiger partial charge < -0.3 is 4.74 Å². The normalized spacial score (nSPS) is 33.8. The lowest BCUT2D eigenvalue weighted by Crippen LogP contribution is -2.29. The first-order chi connectivity index (χ1) is 6.74. The molecule has 1 aromatic rings. The van der Waals surface area contributed by atoms with Gasteiger partial charge in [0.15, 0.2) is 0 Å². The first-order valence-electron chi connectivity index (χ1n) is 5.51. The Kier molecular flexibility index (Phi) is 1.58. The van der Waals surface area contributed by atoms with Crippen LogP contribution in [-0.4, -0.2) is 0 Å². The summed E-state index contributed by atoms with van der Waals surface area (Å²) in [6, 6.07) is 8.72. The van der Waals surface area contributed by atoms with Gasteiger partial charge in [-0.05, 0) is 29.9 Å². The molecular formula is C13H16O. The van der Waals surface area contributed by atoms with E-state index in [-0.39, 0.29) is 5.60 Å². The molecule has 2 heterocycles. The van der Waals surface area contributed by atoms with Crippen molar-refractivity contribution in [2.75, 3.05) is 0 Å². The maximum Gasteiger partial charge on any atom is 0.0967 e. The number of ether oxygens (including phenoxy) is 1. The molecule has 2 aliphatic heterocycles. The van der Waals surface area contributed by atoms with E-state index in [4.69, 9.17) is 4.74 Å². The minimum absolute atomic E-state index is 0.0429. The summed E-state index contributed by atoms with van der Waals surface area (Å²) in [6.07, 6.45) is 2.79. The molecule has 0 aliphatic carbocycles. The highest BCUT2D eigenvalue weighted by Gasteiger charge is 2.51. The third kappa shape index (κ3) is 0.838. The lowest BCUT2D eigenvalue weighted by molar-refractivity contribution is -0.0544. The number of fused-ring (bicyclic) bond motifs is 5. The Hall–Kier alpha value is -0.820. The van der Waals surface area contributed by atoms with Gasteiger partial charge in [0.25, 0.3) is 0 Å². The fourth-order valence-corrected chi connectivity index (χ4v) is 3.03. The number of hydrogen-bond acceptors (Lipinski definition) is 1. The Labute approximate surface area is 85.1 Å². The Morgan fingerprint density at radius 3 is 2.93 bits per heavy atom. The number of hydrogen-bond donors (Lipinski definition) is 0. The van der Waals surface area contributed by atoms with Crippen LogP contribution in [0.5, 0.6) is 0 Å². The number of rotatable bonds is 1. The zero-order valence-corrected chi connectivity index (χ0v) is 8.79. The van der Waals surface area contributed by atoms with Gasteiger partial charge in [-0.3, -0.25) is 0 Å². The van der Waals surface area contributed by atoms with E-state index in [1.165, 1.54) is 24.0 Å². The minimum atomic E-state index is 0.0429. The van der Waals surface area contributed by atoms with Crippen LogP contribution < -0.4 is 0 Å². The first kappa shape index (κ1) is 8.49. The van der Waals surface area contributed by atoms with Crippen LogP contribution in [0.25, 0.3) is 0 Å². The van der Waals surface area contributed by atoms with Gasteiger partial charge in [-0.1, -0.05) is 38.1 Å². The van der Waals surface area contributed by atoms with Crippen LogP contribution in [-0.2, 0) is 10.3 Å². The monoisotopic (exact) mass is 188 g/mol. The molecular weight excluding hydrogens is 172 g/mol. The summed E-state index contributed by atoms with van der Waals surface area (Å²) >= 11 is 0. The van der Waals surface area contributed by atoms with Crippen LogP contribution in [0.4, 0.5) is 0 Å². The summed E-state index contributed by atoms with van der Waals surface area (Å²) in [5.74, 6) is 0.580. The van der Waals surface area contributed by atoms with Gasteiger partial charge in [0.1, 0.15) is 0 Å². The Bertz CT molecular complexity index is 369. The van der Waals surface area contributed by atoms with Crippen molar-refractivity contribution in [3.63, 3.8) is 0 Å². The molecule has 74 valence electrons. The van der Waals surface area contributed by atoms with E-state index in [0.717, 1.165) is 0 Å². The SMILES string of the molecule is CC(C)C12CCC(O1)c1ccccc12. The molecule has 0 aromatic heterocycles. The fourth-order valence-electron chi connectivity index (χ4n) is 3.03. The van der Waals surface area contributed by atoms with Crippen molar-refractivity contribution in [2.45, 2.75) is 38.4 Å². The van der Waals surface area contributed by atoms with Gasteiger partial charge >= 0.3 is 0 Å². The Morgan fingerprint density at radius 2 is 2.14 bits per heavy atom. The number of benzene rings is 1. The van der Waals surface area contributed by atoms with Crippen LogP contribution >= 0.6 is 0 Å². The molecule has 0 spiro atoms. The van der Waals surface area contributed by atoms with Gasteiger partial charge in [0, 0.05) is 0 Å². The second-order valence-electron chi connectivity index (χ2n) is 4.78. The first-order valence-corrected chi connectivity index (χ1v) is 5.51. The van der Waals surface area contributed by atoms with Gasteiger partial charge in [-0.25, -0.2) is 0 Å². The molecule has 3 rings (SSSR count). The molecule has 14 heavy (non-hydrogen) atoms. The van der Waals surface area contributed by atoms with Gasteiger partial charge in [-0.15, -0.1) is 0 Å². The van der Waals surface area contributed by atoms with E-state index >= 15 is 0 Å². The Morgan fingerprint density at radius 1 is 1.36 bits per heavy atom. The third-order valence-electron chi connectivity index (χ3n) is 3.83. The molecule has 2 unspecified atom stereocenters. The highest BCUT2D eigenvalue weighted by Crippen LogP contribution is 2.57. The zero-order chi connectivity index (χ0) is 9.76. The van der Waals surface area contributed by atoms with E-state index in [1.54, 1.807) is 0 Å². The van der Waals surface area contributed by atoms with Crippen molar-refractivity contribution in [1.29, 1.82) is 0 Å². The van der Waals surface area contributed by atoms with E-state index in [1.807, 2.05) is 0 Å². The third-order valence-corrected chi connectivity index (χ3v) is 3.83. The van der Waals surface area contributed by atoms with Crippen molar-refractivity contribution >= 4 is 0 Å². The molecule has 0 radical (unpaired) electrons. The molecule has 2 atom stereocenters. The standard InChI is InChI=1S/C13H16O/c1-9(2)13-8-7-12(14-13)10-5-3-4-6-11(10)13/h3-6,9,12H,7-8H2,1-2H3. The van der Waals surface area contributed by atoms with Gasteiger partial charge in [0.05, 0.1) is 11.7 Å². The van der Waals surface area contributed by atoms with Crippen molar-refractivity contribution in [3.05, 3.63) is 35.4 Å². The van der Waals surface area contributed by atoms with E-state index in [2.05, 4.69) is 38.1 Å². The van der Waals surface area contributed by atoms with Crippen molar-refractivity contribution in [1.82, 2.24) is 0 Å². The predicted octanol–water partition coefficient (Wildman–Crippen LogP) is 3.40. The second kappa shape index (κ2) is 2.60. The lowest BCUT2D eigenvalue weighted by Gasteiger charge is -2.30. The summed E-state index contributed by atoms with van der Waals surface area (Å²) in [5, 5.41) is 0. The fraction of sp³-hybridized carbons (Fsp3) is 0.538. The van der Waals surface area contributed by atoms with Crippen LogP contribution in [0.2, 0.25) is 0 Å². The average molecular weight is 188 g/mol. The lowest BCUT2D eigenvalue weighted by atomic mass is 9.76. The molecule has 1 aromatic carbocycles. The molecule has 2 bridgehead atoms. The molecule has 0 saturated carbocycles. The van der Waals surface area contributed by atoms with Crippen molar-refractivity contribution in [2.24, 2.45) is 5.92 Å². The minimum Gasteiger partial charge on any atom is -0.362 e. The maximum atomic E-state index is 6.19. The summed E-state index contributed by atoms with van der Waals surface area (Å²) in [4.78, 5) is 0. The average Bonchev–Trinajstić information content (AvgIpc) is 2.75. The molecule has 1 heteroatoms. The smallest absolute Gasteiger partial charge is 0.0967 e. The van der Waals surface area contributed by atoms with E-state index in [9.17, 15) is 0 Å². The van der Waals surface area contributed by atoms with Gasteiger partial charge in [0.2, 0.25) is 0 Å². The molecule has 0 N–H and O–H groups in total. The highest BCUT2D eigenvalue weighted by molar-refractivity contribution is 5.41. The van der Waals surface area contributed by atoms with Crippen LogP contribution in [0.3, 0.4) is 0 Å². The topological polar surface area (TPSA) is 9.23 Å². The largest absolute Gasteiger partial charge is 0.362 e. The van der Waals surface area contributed by atoms with Gasteiger partial charge in [-0.2, -0.15) is 0 Å². The molecule has 1 saturated heterocycles. The maximum absolute atomic E-state index is 6.19. The summed E-state index contributed by atoms with van der Waals surface area (Å²) in [6.45, 7) is 4.54. The van der Waals surface area contributed by atoms with Crippen LogP contribution in [0, 0.1) is 5.92 Å². The van der Waals surface area contributed by atoms with E-state index < -0.39 is 0 Å². The summed E-state index contributed by atoms with van der Waals surface area (Å²) in [7, 11) is 0. The molecule has 1 fully saturated rings. The Balaban J connectivity index is 2.20. The highest BCUT2D eigenvalue weighted by atomic mass is 16.5. The predicted molar refractivity (Wildman–Crippen MR) is 56.0 cm³/mol. The molecule has 2 aliphatic rings. The summed E-state index contributed by atoms with van der Waals surface area (Å²) in [5.41, 5.74) is 2.93. The molecule has 0 amide bonds. The van der Waals surface area contributed by atoms with E-state index in [0.29, 0.717) is 12.0 Å². The van der Waals surface area contributed by atoms with Crippen LogP contribution in [0.15, 0.2) is 24.3 Å². The zero-order valence-electron chi connectivity index (χ0n) is 8.79. The van der Waals surface area contributed by atoms with Crippen LogP contribution in [0.1, 0.15) is 43.9 Å². The van der Waals surface area contributed by atoms with Crippen molar-refractivity contribution < 1.29 is 4.74 Å². The second-order valence-corrected chi connectivity index (χ2v) is 4.78. The summed E-state index contributed by atoms with van der Waals surface area (Å²) < 4.78 is 6.19. The van der Waals surface area contributed by atoms with Crippen molar-refractivity contribution in [3.8, 4) is 0 Å². The quantitative estimate of drug-likeness (QED) is 0.656. The molecule has 1 nitrogen and oxygen atoms in total.